The molecule has 0 spiro atoms. The molecule has 16 heavy (non-hydrogen) atoms. The van der Waals surface area contributed by atoms with Crippen LogP contribution in [0.4, 0.5) is 0 Å². The first-order valence-corrected chi connectivity index (χ1v) is 5.14. The summed E-state index contributed by atoms with van der Waals surface area (Å²) in [5.74, 6) is -1.25. The maximum Gasteiger partial charge on any atom is 1.00 e. The van der Waals surface area contributed by atoms with Gasteiger partial charge in [-0.05, 0) is 19.3 Å². The number of carbonyl (C=O) groups is 1. The van der Waals surface area contributed by atoms with E-state index in [2.05, 4.69) is 0 Å². The molecule has 4 nitrogen and oxygen atoms in total. The Morgan fingerprint density at radius 1 is 1.38 bits per heavy atom. The number of hydrogen-bond acceptors (Lipinski definition) is 3. The first-order chi connectivity index (χ1) is 7.20. The number of ether oxygens (including phenoxy) is 2. The summed E-state index contributed by atoms with van der Waals surface area (Å²) in [5.41, 5.74) is 0. The number of methoxy groups -OCH3 is 2. The molecule has 1 aliphatic carbocycles. The molecule has 86 valence electrons. The molecule has 0 bridgehead atoms. The van der Waals surface area contributed by atoms with Gasteiger partial charge in [0.25, 0.3) is 0 Å². The number of rotatable bonds is 4. The summed E-state index contributed by atoms with van der Waals surface area (Å²) in [5, 5.41) is 9.13. The zero-order chi connectivity index (χ0) is 11.3. The van der Waals surface area contributed by atoms with Crippen LogP contribution in [0.3, 0.4) is 0 Å². The Morgan fingerprint density at radius 2 is 2.00 bits per heavy atom. The van der Waals surface area contributed by atoms with Crippen molar-refractivity contribution in [3.8, 4) is 0 Å². The molecule has 1 rings (SSSR count). The SMILES string of the molecule is COC(OC)C1CC=CCCC1C(=O)O.[Na+]. The van der Waals surface area contributed by atoms with Crippen molar-refractivity contribution in [3.63, 3.8) is 0 Å². The van der Waals surface area contributed by atoms with Crippen molar-refractivity contribution < 1.29 is 48.9 Å². The van der Waals surface area contributed by atoms with E-state index in [4.69, 9.17) is 14.6 Å². The van der Waals surface area contributed by atoms with Gasteiger partial charge in [0.15, 0.2) is 6.29 Å². The number of carboxylic acids is 1. The van der Waals surface area contributed by atoms with Crippen LogP contribution in [0.1, 0.15) is 19.3 Å². The number of carboxylic acid groups (broad SMARTS) is 1. The molecule has 0 aliphatic heterocycles. The monoisotopic (exact) mass is 237 g/mol. The summed E-state index contributed by atoms with van der Waals surface area (Å²) in [7, 11) is 3.09. The Kier molecular flexibility index (Phi) is 8.32. The van der Waals surface area contributed by atoms with Crippen molar-refractivity contribution in [2.24, 2.45) is 11.8 Å². The van der Waals surface area contributed by atoms with Gasteiger partial charge in [0.05, 0.1) is 5.92 Å². The largest absolute Gasteiger partial charge is 1.00 e. The number of allylic oxidation sites excluding steroid dienone is 2. The summed E-state index contributed by atoms with van der Waals surface area (Å²) in [4.78, 5) is 11.1. The van der Waals surface area contributed by atoms with Crippen molar-refractivity contribution in [3.05, 3.63) is 12.2 Å². The standard InChI is InChI=1S/C11H18O4.Na/c1-14-11(15-2)9-7-5-3-4-6-8(9)10(12)13;/h3,5,8-9,11H,4,6-7H2,1-2H3,(H,12,13);/q;+1. The molecule has 1 aliphatic rings. The third-order valence-electron chi connectivity index (χ3n) is 2.87. The summed E-state index contributed by atoms with van der Waals surface area (Å²) in [6, 6.07) is 0. The van der Waals surface area contributed by atoms with Gasteiger partial charge in [0, 0.05) is 20.1 Å². The number of aliphatic carboxylic acids is 1. The minimum Gasteiger partial charge on any atom is -0.481 e. The third kappa shape index (κ3) is 4.18. The second-order valence-electron chi connectivity index (χ2n) is 3.73. The molecule has 0 saturated heterocycles. The second kappa shape index (κ2) is 8.25. The van der Waals surface area contributed by atoms with E-state index in [1.807, 2.05) is 12.2 Å². The Bertz CT molecular complexity index is 238. The van der Waals surface area contributed by atoms with Crippen LogP contribution in [0.25, 0.3) is 0 Å². The second-order valence-corrected chi connectivity index (χ2v) is 3.73. The maximum atomic E-state index is 11.1. The Morgan fingerprint density at radius 3 is 2.50 bits per heavy atom. The van der Waals surface area contributed by atoms with Gasteiger partial charge < -0.3 is 14.6 Å². The van der Waals surface area contributed by atoms with Crippen LogP contribution >= 0.6 is 0 Å². The van der Waals surface area contributed by atoms with Crippen LogP contribution < -0.4 is 29.6 Å². The predicted molar refractivity (Wildman–Crippen MR) is 55.4 cm³/mol. The van der Waals surface area contributed by atoms with Gasteiger partial charge in [-0.1, -0.05) is 12.2 Å². The molecule has 0 heterocycles. The van der Waals surface area contributed by atoms with Gasteiger partial charge >= 0.3 is 35.5 Å². The maximum absolute atomic E-state index is 11.1. The fourth-order valence-corrected chi connectivity index (χ4v) is 2.08. The fraction of sp³-hybridized carbons (Fsp3) is 0.727. The number of hydrogen-bond donors (Lipinski definition) is 1. The van der Waals surface area contributed by atoms with Crippen molar-refractivity contribution in [1.29, 1.82) is 0 Å². The van der Waals surface area contributed by atoms with Crippen LogP contribution in [0.15, 0.2) is 12.2 Å². The van der Waals surface area contributed by atoms with E-state index in [9.17, 15) is 4.79 Å². The van der Waals surface area contributed by atoms with E-state index in [1.165, 1.54) is 0 Å². The smallest absolute Gasteiger partial charge is 0.481 e. The van der Waals surface area contributed by atoms with Crippen LogP contribution in [0, 0.1) is 11.8 Å². The van der Waals surface area contributed by atoms with Crippen molar-refractivity contribution in [1.82, 2.24) is 0 Å². The van der Waals surface area contributed by atoms with E-state index in [-0.39, 0.29) is 41.4 Å². The third-order valence-corrected chi connectivity index (χ3v) is 2.87. The molecule has 2 unspecified atom stereocenters. The molecular weight excluding hydrogens is 219 g/mol. The van der Waals surface area contributed by atoms with Crippen molar-refractivity contribution >= 4 is 5.97 Å². The quantitative estimate of drug-likeness (QED) is 0.374. The fourth-order valence-electron chi connectivity index (χ4n) is 2.08. The Hall–Kier alpha value is 0.130. The van der Waals surface area contributed by atoms with E-state index in [1.54, 1.807) is 14.2 Å². The molecule has 2 atom stereocenters. The molecule has 5 heteroatoms. The van der Waals surface area contributed by atoms with E-state index < -0.39 is 12.3 Å². The molecule has 1 N–H and O–H groups in total. The van der Waals surface area contributed by atoms with Crippen LogP contribution in [0.5, 0.6) is 0 Å². The average molecular weight is 237 g/mol. The van der Waals surface area contributed by atoms with Crippen molar-refractivity contribution in [2.75, 3.05) is 14.2 Å². The van der Waals surface area contributed by atoms with E-state index >= 15 is 0 Å². The molecule has 0 aromatic heterocycles. The van der Waals surface area contributed by atoms with E-state index in [0.717, 1.165) is 6.42 Å². The first kappa shape index (κ1) is 16.1. The summed E-state index contributed by atoms with van der Waals surface area (Å²) >= 11 is 0. The zero-order valence-corrected chi connectivity index (χ0v) is 12.2. The minimum atomic E-state index is -0.761. The minimum absolute atomic E-state index is 0. The van der Waals surface area contributed by atoms with Gasteiger partial charge in [0.1, 0.15) is 0 Å². The van der Waals surface area contributed by atoms with Crippen molar-refractivity contribution in [2.45, 2.75) is 25.6 Å². The topological polar surface area (TPSA) is 55.8 Å². The normalized spacial score (nSPS) is 24.9. The van der Waals surface area contributed by atoms with Crippen LogP contribution in [-0.2, 0) is 14.3 Å². The van der Waals surface area contributed by atoms with Crippen LogP contribution in [-0.4, -0.2) is 31.6 Å². The van der Waals surface area contributed by atoms with E-state index in [0.29, 0.717) is 12.8 Å². The summed E-state index contributed by atoms with van der Waals surface area (Å²) < 4.78 is 10.3. The van der Waals surface area contributed by atoms with Crippen LogP contribution in [0.2, 0.25) is 0 Å². The Labute approximate surface area is 118 Å². The average Bonchev–Trinajstić information content (AvgIpc) is 2.45. The molecule has 0 saturated carbocycles. The van der Waals surface area contributed by atoms with Gasteiger partial charge in [-0.15, -0.1) is 0 Å². The molecule has 0 fully saturated rings. The van der Waals surface area contributed by atoms with Gasteiger partial charge in [-0.3, -0.25) is 4.79 Å². The van der Waals surface area contributed by atoms with Gasteiger partial charge in [-0.2, -0.15) is 0 Å². The molecule has 0 amide bonds. The molecule has 0 aromatic rings. The molecular formula is C11H18NaO4+. The molecule has 0 radical (unpaired) electrons. The Balaban J connectivity index is 0.00000225. The van der Waals surface area contributed by atoms with Gasteiger partial charge in [0.2, 0.25) is 0 Å². The zero-order valence-electron chi connectivity index (χ0n) is 10.2. The summed E-state index contributed by atoms with van der Waals surface area (Å²) in [6.45, 7) is 0. The summed E-state index contributed by atoms with van der Waals surface area (Å²) in [6.07, 6.45) is 5.77. The molecule has 0 aromatic carbocycles. The first-order valence-electron chi connectivity index (χ1n) is 5.14. The predicted octanol–water partition coefficient (Wildman–Crippen LogP) is -1.33. The van der Waals surface area contributed by atoms with Gasteiger partial charge in [-0.25, -0.2) is 0 Å².